The fourth-order valence-corrected chi connectivity index (χ4v) is 1.59. The summed E-state index contributed by atoms with van der Waals surface area (Å²) in [5, 5.41) is 3.19. The van der Waals surface area contributed by atoms with Crippen LogP contribution in [0.2, 0.25) is 0 Å². The Labute approximate surface area is 104 Å². The Bertz CT molecular complexity index is 339. The standard InChI is InChI=1S/C13H23N3O/c1-5-14-12-11(4)13(16-9-15-12)17-8-6-7-10(2)3/h9-10H,5-8H2,1-4H3,(H,14,15,16). The van der Waals surface area contributed by atoms with Gasteiger partial charge >= 0.3 is 0 Å². The summed E-state index contributed by atoms with van der Waals surface area (Å²) in [4.78, 5) is 8.35. The smallest absolute Gasteiger partial charge is 0.221 e. The minimum absolute atomic E-state index is 0.694. The molecule has 1 N–H and O–H groups in total. The quantitative estimate of drug-likeness (QED) is 0.740. The van der Waals surface area contributed by atoms with Crippen LogP contribution in [-0.2, 0) is 0 Å². The lowest BCUT2D eigenvalue weighted by molar-refractivity contribution is 0.285. The fraction of sp³-hybridized carbons (Fsp3) is 0.692. The van der Waals surface area contributed by atoms with Gasteiger partial charge in [0.15, 0.2) is 0 Å². The van der Waals surface area contributed by atoms with Gasteiger partial charge in [-0.05, 0) is 32.6 Å². The summed E-state index contributed by atoms with van der Waals surface area (Å²) in [6.45, 7) is 10.0. The zero-order valence-corrected chi connectivity index (χ0v) is 11.3. The number of aromatic nitrogens is 2. The fourth-order valence-electron chi connectivity index (χ4n) is 1.59. The maximum Gasteiger partial charge on any atom is 0.221 e. The number of rotatable bonds is 7. The summed E-state index contributed by atoms with van der Waals surface area (Å²) < 4.78 is 5.68. The van der Waals surface area contributed by atoms with Crippen LogP contribution in [0.1, 0.15) is 39.2 Å². The normalized spacial score (nSPS) is 10.6. The van der Waals surface area contributed by atoms with Crippen LogP contribution in [0.3, 0.4) is 0 Å². The summed E-state index contributed by atoms with van der Waals surface area (Å²) >= 11 is 0. The third kappa shape index (κ3) is 4.59. The zero-order valence-electron chi connectivity index (χ0n) is 11.3. The molecule has 17 heavy (non-hydrogen) atoms. The predicted octanol–water partition coefficient (Wildman–Crippen LogP) is 3.03. The second kappa shape index (κ2) is 7.09. The van der Waals surface area contributed by atoms with Gasteiger partial charge in [-0.2, -0.15) is 0 Å². The Hall–Kier alpha value is -1.32. The van der Waals surface area contributed by atoms with Gasteiger partial charge in [0, 0.05) is 6.54 Å². The first-order valence-corrected chi connectivity index (χ1v) is 6.33. The molecule has 0 fully saturated rings. The zero-order chi connectivity index (χ0) is 12.7. The molecule has 0 spiro atoms. The highest BCUT2D eigenvalue weighted by atomic mass is 16.5. The van der Waals surface area contributed by atoms with Gasteiger partial charge in [-0.1, -0.05) is 13.8 Å². The lowest BCUT2D eigenvalue weighted by Crippen LogP contribution is -2.07. The van der Waals surface area contributed by atoms with E-state index in [-0.39, 0.29) is 0 Å². The molecule has 0 aliphatic rings. The highest BCUT2D eigenvalue weighted by Gasteiger charge is 2.07. The SMILES string of the molecule is CCNc1ncnc(OCCCC(C)C)c1C. The first-order chi connectivity index (χ1) is 8.15. The van der Waals surface area contributed by atoms with E-state index in [1.54, 1.807) is 6.33 Å². The number of hydrogen-bond acceptors (Lipinski definition) is 4. The topological polar surface area (TPSA) is 47.0 Å². The second-order valence-corrected chi connectivity index (χ2v) is 4.57. The van der Waals surface area contributed by atoms with E-state index in [4.69, 9.17) is 4.74 Å². The lowest BCUT2D eigenvalue weighted by atomic mass is 10.1. The molecule has 0 aliphatic heterocycles. The Balaban J connectivity index is 2.50. The first-order valence-electron chi connectivity index (χ1n) is 6.33. The Morgan fingerprint density at radius 2 is 2.12 bits per heavy atom. The van der Waals surface area contributed by atoms with Crippen LogP contribution < -0.4 is 10.1 Å². The molecule has 4 heteroatoms. The van der Waals surface area contributed by atoms with E-state index < -0.39 is 0 Å². The van der Waals surface area contributed by atoms with Gasteiger partial charge in [-0.3, -0.25) is 0 Å². The molecular formula is C13H23N3O. The van der Waals surface area contributed by atoms with Crippen molar-refractivity contribution in [1.82, 2.24) is 9.97 Å². The molecule has 0 aliphatic carbocycles. The van der Waals surface area contributed by atoms with Crippen LogP contribution >= 0.6 is 0 Å². The maximum absolute atomic E-state index is 5.68. The van der Waals surface area contributed by atoms with Crippen molar-refractivity contribution in [3.63, 3.8) is 0 Å². The van der Waals surface area contributed by atoms with E-state index in [9.17, 15) is 0 Å². The number of nitrogens with one attached hydrogen (secondary N) is 1. The van der Waals surface area contributed by atoms with Gasteiger partial charge in [-0.15, -0.1) is 0 Å². The number of ether oxygens (including phenoxy) is 1. The Morgan fingerprint density at radius 1 is 1.35 bits per heavy atom. The molecule has 0 atom stereocenters. The molecular weight excluding hydrogens is 214 g/mol. The monoisotopic (exact) mass is 237 g/mol. The molecule has 0 unspecified atom stereocenters. The van der Waals surface area contributed by atoms with Gasteiger partial charge in [0.25, 0.3) is 0 Å². The maximum atomic E-state index is 5.68. The molecule has 4 nitrogen and oxygen atoms in total. The summed E-state index contributed by atoms with van der Waals surface area (Å²) in [7, 11) is 0. The molecule has 1 heterocycles. The molecule has 0 radical (unpaired) electrons. The van der Waals surface area contributed by atoms with Gasteiger partial charge < -0.3 is 10.1 Å². The third-order valence-electron chi connectivity index (χ3n) is 2.55. The molecule has 0 aromatic carbocycles. The predicted molar refractivity (Wildman–Crippen MR) is 70.5 cm³/mol. The van der Waals surface area contributed by atoms with Crippen LogP contribution in [0.4, 0.5) is 5.82 Å². The van der Waals surface area contributed by atoms with Crippen LogP contribution in [0.5, 0.6) is 5.88 Å². The van der Waals surface area contributed by atoms with E-state index in [2.05, 4.69) is 29.1 Å². The van der Waals surface area contributed by atoms with Crippen molar-refractivity contribution in [2.45, 2.75) is 40.5 Å². The van der Waals surface area contributed by atoms with Crippen molar-refractivity contribution < 1.29 is 4.74 Å². The molecule has 0 saturated carbocycles. The second-order valence-electron chi connectivity index (χ2n) is 4.57. The molecule has 0 bridgehead atoms. The first kappa shape index (κ1) is 13.7. The summed E-state index contributed by atoms with van der Waals surface area (Å²) in [5.74, 6) is 2.28. The Kier molecular flexibility index (Phi) is 5.73. The minimum Gasteiger partial charge on any atom is -0.477 e. The largest absolute Gasteiger partial charge is 0.477 e. The Morgan fingerprint density at radius 3 is 2.76 bits per heavy atom. The third-order valence-corrected chi connectivity index (χ3v) is 2.55. The summed E-state index contributed by atoms with van der Waals surface area (Å²) in [6, 6.07) is 0. The van der Waals surface area contributed by atoms with Crippen LogP contribution in [0, 0.1) is 12.8 Å². The average molecular weight is 237 g/mol. The number of anilines is 1. The summed E-state index contributed by atoms with van der Waals surface area (Å²) in [5.41, 5.74) is 0.985. The van der Waals surface area contributed by atoms with Crippen molar-refractivity contribution in [2.24, 2.45) is 5.92 Å². The molecule has 1 rings (SSSR count). The van der Waals surface area contributed by atoms with E-state index in [1.165, 1.54) is 6.42 Å². The van der Waals surface area contributed by atoms with E-state index in [0.717, 1.165) is 36.9 Å². The van der Waals surface area contributed by atoms with Crippen molar-refractivity contribution in [2.75, 3.05) is 18.5 Å². The van der Waals surface area contributed by atoms with E-state index in [0.29, 0.717) is 5.88 Å². The van der Waals surface area contributed by atoms with Crippen LogP contribution in [0.15, 0.2) is 6.33 Å². The van der Waals surface area contributed by atoms with Gasteiger partial charge in [0.05, 0.1) is 12.2 Å². The molecule has 96 valence electrons. The molecule has 1 aromatic heterocycles. The van der Waals surface area contributed by atoms with Crippen molar-refractivity contribution in [1.29, 1.82) is 0 Å². The van der Waals surface area contributed by atoms with E-state index in [1.807, 2.05) is 13.8 Å². The highest BCUT2D eigenvalue weighted by molar-refractivity contribution is 5.47. The van der Waals surface area contributed by atoms with Crippen molar-refractivity contribution in [3.8, 4) is 5.88 Å². The van der Waals surface area contributed by atoms with Crippen LogP contribution in [-0.4, -0.2) is 23.1 Å². The van der Waals surface area contributed by atoms with Gasteiger partial charge in [0.2, 0.25) is 5.88 Å². The minimum atomic E-state index is 0.694. The van der Waals surface area contributed by atoms with Gasteiger partial charge in [-0.25, -0.2) is 9.97 Å². The number of nitrogens with zero attached hydrogens (tertiary/aromatic N) is 2. The summed E-state index contributed by atoms with van der Waals surface area (Å²) in [6.07, 6.45) is 3.80. The molecule has 1 aromatic rings. The number of hydrogen-bond donors (Lipinski definition) is 1. The molecule has 0 saturated heterocycles. The van der Waals surface area contributed by atoms with Crippen LogP contribution in [0.25, 0.3) is 0 Å². The van der Waals surface area contributed by atoms with Crippen molar-refractivity contribution in [3.05, 3.63) is 11.9 Å². The molecule has 0 amide bonds. The highest BCUT2D eigenvalue weighted by Crippen LogP contribution is 2.20. The van der Waals surface area contributed by atoms with Crippen molar-refractivity contribution >= 4 is 5.82 Å². The average Bonchev–Trinajstić information content (AvgIpc) is 2.29. The lowest BCUT2D eigenvalue weighted by Gasteiger charge is -2.11. The van der Waals surface area contributed by atoms with E-state index >= 15 is 0 Å². The van der Waals surface area contributed by atoms with Gasteiger partial charge in [0.1, 0.15) is 12.1 Å².